The number of aryl methyl sites for hydroxylation is 1. The van der Waals surface area contributed by atoms with E-state index in [1.807, 2.05) is 6.92 Å². The molecule has 0 spiro atoms. The van der Waals surface area contributed by atoms with Gasteiger partial charge >= 0.3 is 0 Å². The van der Waals surface area contributed by atoms with Crippen molar-refractivity contribution in [2.24, 2.45) is 0 Å². The standard InChI is InChI=1S/C14H18O3S/c1-12-6-8-14(9-7-12)18(15,16)17-11-10-13-4-2-3-5-13/h4,6-9H,2-3,5,10-11H2,1H3/i8D. The van der Waals surface area contributed by atoms with Crippen molar-refractivity contribution >= 4 is 10.1 Å². The molecule has 98 valence electrons. The summed E-state index contributed by atoms with van der Waals surface area (Å²) in [7, 11) is -3.81. The van der Waals surface area contributed by atoms with E-state index < -0.39 is 10.1 Å². The highest BCUT2D eigenvalue weighted by molar-refractivity contribution is 7.86. The molecule has 0 heterocycles. The van der Waals surface area contributed by atoms with Gasteiger partial charge in [-0.1, -0.05) is 29.3 Å². The van der Waals surface area contributed by atoms with Gasteiger partial charge in [-0.15, -0.1) is 0 Å². The van der Waals surface area contributed by atoms with Crippen molar-refractivity contribution in [3.63, 3.8) is 0 Å². The van der Waals surface area contributed by atoms with E-state index in [4.69, 9.17) is 5.55 Å². The maximum atomic E-state index is 12.0. The molecular formula is C14H18O3S. The van der Waals surface area contributed by atoms with E-state index in [1.165, 1.54) is 17.7 Å². The maximum Gasteiger partial charge on any atom is 0.296 e. The topological polar surface area (TPSA) is 43.4 Å². The number of hydrogen-bond acceptors (Lipinski definition) is 3. The molecule has 0 unspecified atom stereocenters. The first-order valence-corrected chi connectivity index (χ1v) is 7.54. The van der Waals surface area contributed by atoms with Crippen LogP contribution in [0.15, 0.2) is 40.8 Å². The van der Waals surface area contributed by atoms with Crippen LogP contribution in [0.25, 0.3) is 0 Å². The Labute approximate surface area is 110 Å². The molecule has 0 radical (unpaired) electrons. The molecule has 1 aliphatic rings. The fraction of sp³-hybridized carbons (Fsp3) is 0.429. The van der Waals surface area contributed by atoms with Gasteiger partial charge in [0.05, 0.1) is 12.9 Å². The molecule has 1 aliphatic carbocycles. The van der Waals surface area contributed by atoms with Crippen molar-refractivity contribution in [3.8, 4) is 0 Å². The predicted molar refractivity (Wildman–Crippen MR) is 70.9 cm³/mol. The Morgan fingerprint density at radius 1 is 1.39 bits per heavy atom. The van der Waals surface area contributed by atoms with Crippen molar-refractivity contribution < 1.29 is 14.0 Å². The Morgan fingerprint density at radius 2 is 2.22 bits per heavy atom. The van der Waals surface area contributed by atoms with E-state index in [0.717, 1.165) is 24.8 Å². The Morgan fingerprint density at radius 3 is 2.89 bits per heavy atom. The van der Waals surface area contributed by atoms with Gasteiger partial charge in [-0.05, 0) is 44.7 Å². The third-order valence-electron chi connectivity index (χ3n) is 3.01. The summed E-state index contributed by atoms with van der Waals surface area (Å²) in [4.78, 5) is -0.0569. The van der Waals surface area contributed by atoms with Crippen LogP contribution < -0.4 is 0 Å². The molecule has 18 heavy (non-hydrogen) atoms. The molecule has 2 rings (SSSR count). The summed E-state index contributed by atoms with van der Waals surface area (Å²) in [6.07, 6.45) is 6.07. The monoisotopic (exact) mass is 267 g/mol. The average Bonchev–Trinajstić information content (AvgIpc) is 2.81. The molecular weight excluding hydrogens is 248 g/mol. The fourth-order valence-electron chi connectivity index (χ4n) is 1.95. The Bertz CT molecular complexity index is 591. The smallest absolute Gasteiger partial charge is 0.266 e. The molecule has 4 heteroatoms. The quantitative estimate of drug-likeness (QED) is 0.608. The van der Waals surface area contributed by atoms with Crippen LogP contribution in [0.1, 0.15) is 32.6 Å². The summed E-state index contributed by atoms with van der Waals surface area (Å²) in [6.45, 7) is 1.98. The molecule has 3 nitrogen and oxygen atoms in total. The highest BCUT2D eigenvalue weighted by Gasteiger charge is 2.15. The normalized spacial score (nSPS) is 16.5. The van der Waals surface area contributed by atoms with Gasteiger partial charge in [0.2, 0.25) is 0 Å². The summed E-state index contributed by atoms with van der Waals surface area (Å²) in [5.41, 5.74) is 2.13. The minimum Gasteiger partial charge on any atom is -0.266 e. The number of rotatable bonds is 5. The molecule has 0 saturated heterocycles. The molecule has 1 aromatic carbocycles. The summed E-state index contributed by atoms with van der Waals surface area (Å²) in [5.74, 6) is 0. The van der Waals surface area contributed by atoms with Crippen LogP contribution in [0.2, 0.25) is 0 Å². The van der Waals surface area contributed by atoms with Crippen molar-refractivity contribution in [1.29, 1.82) is 0 Å². The van der Waals surface area contributed by atoms with Crippen LogP contribution in [0.5, 0.6) is 0 Å². The van der Waals surface area contributed by atoms with Gasteiger partial charge in [0.1, 0.15) is 0 Å². The minimum absolute atomic E-state index is 0.0138. The number of benzene rings is 1. The van der Waals surface area contributed by atoms with Crippen LogP contribution in [-0.2, 0) is 14.3 Å². The number of allylic oxidation sites excluding steroid dienone is 1. The highest BCUT2D eigenvalue weighted by atomic mass is 32.2. The van der Waals surface area contributed by atoms with E-state index in [2.05, 4.69) is 6.08 Å². The Balaban J connectivity index is 2.01. The molecule has 0 amide bonds. The van der Waals surface area contributed by atoms with Crippen LogP contribution in [0.4, 0.5) is 0 Å². The van der Waals surface area contributed by atoms with Crippen molar-refractivity contribution in [3.05, 3.63) is 41.5 Å². The van der Waals surface area contributed by atoms with Gasteiger partial charge in [0, 0.05) is 0 Å². The first kappa shape index (κ1) is 11.9. The Hall–Kier alpha value is -1.13. The average molecular weight is 267 g/mol. The second-order valence-corrected chi connectivity index (χ2v) is 6.09. The zero-order valence-electron chi connectivity index (χ0n) is 11.5. The lowest BCUT2D eigenvalue weighted by Gasteiger charge is -2.06. The highest BCUT2D eigenvalue weighted by Crippen LogP contribution is 2.21. The van der Waals surface area contributed by atoms with Gasteiger partial charge in [0.25, 0.3) is 10.1 Å². The van der Waals surface area contributed by atoms with E-state index in [9.17, 15) is 8.42 Å². The SMILES string of the molecule is [2H]c1cc(C)ccc1S(=O)(=O)OCCC1=CCCC1. The van der Waals surface area contributed by atoms with Crippen molar-refractivity contribution in [1.82, 2.24) is 0 Å². The summed E-state index contributed by atoms with van der Waals surface area (Å²) >= 11 is 0. The molecule has 0 atom stereocenters. The third-order valence-corrected chi connectivity index (χ3v) is 4.28. The second kappa shape index (κ2) is 5.67. The van der Waals surface area contributed by atoms with Crippen LogP contribution in [-0.4, -0.2) is 15.0 Å². The zero-order chi connectivity index (χ0) is 13.9. The maximum absolute atomic E-state index is 12.0. The van der Waals surface area contributed by atoms with E-state index in [-0.39, 0.29) is 17.5 Å². The van der Waals surface area contributed by atoms with Crippen molar-refractivity contribution in [2.45, 2.75) is 37.5 Å². The summed E-state index contributed by atoms with van der Waals surface area (Å²) in [6, 6.07) is 4.62. The molecule has 0 aromatic heterocycles. The summed E-state index contributed by atoms with van der Waals surface area (Å²) in [5, 5.41) is 0. The molecule has 0 N–H and O–H groups in total. The zero-order valence-corrected chi connectivity index (χ0v) is 11.3. The van der Waals surface area contributed by atoms with Crippen LogP contribution in [0, 0.1) is 6.92 Å². The van der Waals surface area contributed by atoms with E-state index in [0.29, 0.717) is 6.42 Å². The predicted octanol–water partition coefficient (Wildman–Crippen LogP) is 3.20. The van der Waals surface area contributed by atoms with Gasteiger partial charge in [-0.2, -0.15) is 8.42 Å². The first-order valence-electron chi connectivity index (χ1n) is 6.63. The van der Waals surface area contributed by atoms with Gasteiger partial charge < -0.3 is 0 Å². The molecule has 0 fully saturated rings. The third kappa shape index (κ3) is 3.43. The largest absolute Gasteiger partial charge is 0.296 e. The second-order valence-electron chi connectivity index (χ2n) is 4.51. The van der Waals surface area contributed by atoms with E-state index >= 15 is 0 Å². The van der Waals surface area contributed by atoms with Gasteiger partial charge in [-0.25, -0.2) is 0 Å². The first-order chi connectivity index (χ1) is 8.99. The van der Waals surface area contributed by atoms with Crippen molar-refractivity contribution in [2.75, 3.05) is 6.61 Å². The molecule has 1 aromatic rings. The molecule has 0 saturated carbocycles. The van der Waals surface area contributed by atoms with E-state index in [1.54, 1.807) is 6.07 Å². The molecule has 0 bridgehead atoms. The summed E-state index contributed by atoms with van der Waals surface area (Å²) < 4.78 is 36.7. The lowest BCUT2D eigenvalue weighted by atomic mass is 10.2. The number of hydrogen-bond donors (Lipinski definition) is 0. The Kier molecular flexibility index (Phi) is 3.76. The fourth-order valence-corrected chi connectivity index (χ4v) is 2.82. The van der Waals surface area contributed by atoms with Crippen LogP contribution >= 0.6 is 0 Å². The van der Waals surface area contributed by atoms with Crippen LogP contribution in [0.3, 0.4) is 0 Å². The lowest BCUT2D eigenvalue weighted by Crippen LogP contribution is -2.08. The molecule has 0 aliphatic heterocycles. The van der Waals surface area contributed by atoms with Gasteiger partial charge in [-0.3, -0.25) is 4.18 Å². The minimum atomic E-state index is -3.81. The lowest BCUT2D eigenvalue weighted by molar-refractivity contribution is 0.321. The van der Waals surface area contributed by atoms with Gasteiger partial charge in [0.15, 0.2) is 0 Å².